The van der Waals surface area contributed by atoms with Gasteiger partial charge in [0.1, 0.15) is 12.3 Å². The van der Waals surface area contributed by atoms with E-state index in [1.54, 1.807) is 9.91 Å². The van der Waals surface area contributed by atoms with Crippen LogP contribution >= 0.6 is 0 Å². The molecular weight excluding hydrogens is 537 g/mol. The number of nitrogens with one attached hydrogen (secondary N) is 4. The average Bonchev–Trinajstić information content (AvgIpc) is 3.43. The van der Waals surface area contributed by atoms with Gasteiger partial charge in [-0.05, 0) is 70.7 Å². The number of hydrazine groups is 2. The van der Waals surface area contributed by atoms with E-state index in [-0.39, 0.29) is 42.3 Å². The standard InChI is InChI=1S/C30H46FN9O2/c1-8-20-11-10-12-21-16-39(36-35-21)29-23(31)13-22-27(38-15-18(5)37(14-19(38)6)24(41)9-2)34-30(42)40(28(22)33-29)26(20)25(32-7)17(3)4/h8-9,16-19,22-23,27-29,33,35-36H,2,7,10-15H2,1,3-6H3,(H,34,42)/b20-8-,26-25?/t18-,19+,22?,23?,27?,28?,29?/m1/s1. The number of carbonyl (C=O) groups excluding carboxylic acids is 2. The van der Waals surface area contributed by atoms with Crippen molar-refractivity contribution in [2.45, 2.75) is 97.1 Å². The van der Waals surface area contributed by atoms with Crippen molar-refractivity contribution in [3.05, 3.63) is 47.6 Å². The Bertz CT molecular complexity index is 1200. The molecule has 0 aromatic rings. The minimum absolute atomic E-state index is 0.0139. The lowest BCUT2D eigenvalue weighted by Gasteiger charge is -2.57. The summed E-state index contributed by atoms with van der Waals surface area (Å²) in [7, 11) is 0. The molecular formula is C30H46FN9O2. The van der Waals surface area contributed by atoms with Crippen molar-refractivity contribution in [2.75, 3.05) is 13.1 Å². The van der Waals surface area contributed by atoms with Gasteiger partial charge in [0.2, 0.25) is 5.91 Å². The van der Waals surface area contributed by atoms with E-state index in [9.17, 15) is 9.59 Å². The van der Waals surface area contributed by atoms with Gasteiger partial charge in [0.15, 0.2) is 0 Å². The maximum Gasteiger partial charge on any atom is 0.324 e. The number of fused-ring (bicyclic) bond motifs is 3. The zero-order valence-corrected chi connectivity index (χ0v) is 25.4. The summed E-state index contributed by atoms with van der Waals surface area (Å²) >= 11 is 0. The van der Waals surface area contributed by atoms with Gasteiger partial charge in [0.05, 0.1) is 23.7 Å². The van der Waals surface area contributed by atoms with Crippen molar-refractivity contribution in [1.29, 1.82) is 0 Å². The number of carbonyl (C=O) groups is 2. The van der Waals surface area contributed by atoms with E-state index in [0.29, 0.717) is 13.1 Å². The Labute approximate surface area is 248 Å². The van der Waals surface area contributed by atoms with Crippen LogP contribution in [0.2, 0.25) is 0 Å². The highest BCUT2D eigenvalue weighted by molar-refractivity contribution is 5.87. The van der Waals surface area contributed by atoms with Crippen molar-refractivity contribution < 1.29 is 14.0 Å². The fraction of sp³-hybridized carbons (Fsp3) is 0.633. The summed E-state index contributed by atoms with van der Waals surface area (Å²) in [6.45, 7) is 18.7. The highest BCUT2D eigenvalue weighted by Gasteiger charge is 2.54. The number of piperidine rings is 1. The minimum Gasteiger partial charge on any atom is -0.334 e. The highest BCUT2D eigenvalue weighted by Crippen LogP contribution is 2.40. The van der Waals surface area contributed by atoms with Gasteiger partial charge in [0, 0.05) is 43.0 Å². The summed E-state index contributed by atoms with van der Waals surface area (Å²) in [5.74, 6) is -0.386. The van der Waals surface area contributed by atoms with E-state index >= 15 is 4.39 Å². The Morgan fingerprint density at radius 3 is 2.60 bits per heavy atom. The molecule has 0 radical (unpaired) electrons. The van der Waals surface area contributed by atoms with Crippen LogP contribution in [-0.4, -0.2) is 88.2 Å². The predicted octanol–water partition coefficient (Wildman–Crippen LogP) is 2.91. The van der Waals surface area contributed by atoms with Gasteiger partial charge in [-0.25, -0.2) is 9.18 Å². The van der Waals surface area contributed by atoms with Crippen molar-refractivity contribution >= 4 is 18.7 Å². The highest BCUT2D eigenvalue weighted by atomic mass is 19.1. The summed E-state index contributed by atoms with van der Waals surface area (Å²) in [4.78, 5) is 37.1. The number of aliphatic imine (C=N–C) groups is 1. The maximum absolute atomic E-state index is 16.2. The van der Waals surface area contributed by atoms with Crippen LogP contribution in [-0.2, 0) is 4.79 Å². The maximum atomic E-state index is 16.2. The molecule has 12 heteroatoms. The molecule has 5 unspecified atom stereocenters. The molecule has 0 saturated carbocycles. The van der Waals surface area contributed by atoms with Crippen LogP contribution in [0.4, 0.5) is 9.18 Å². The van der Waals surface area contributed by atoms with Crippen LogP contribution < -0.4 is 21.6 Å². The Balaban J connectivity index is 1.59. The summed E-state index contributed by atoms with van der Waals surface area (Å²) in [6.07, 6.45) is 5.05. The van der Waals surface area contributed by atoms with Crippen molar-refractivity contribution in [3.63, 3.8) is 0 Å². The van der Waals surface area contributed by atoms with Gasteiger partial charge in [0.25, 0.3) is 0 Å². The van der Waals surface area contributed by atoms with Crippen molar-refractivity contribution in [1.82, 2.24) is 41.3 Å². The Kier molecular flexibility index (Phi) is 8.77. The fourth-order valence-corrected chi connectivity index (χ4v) is 7.20. The zero-order valence-electron chi connectivity index (χ0n) is 25.4. The number of hydrogen-bond acceptors (Lipinski definition) is 8. The average molecular weight is 584 g/mol. The van der Waals surface area contributed by atoms with E-state index in [1.165, 1.54) is 6.08 Å². The number of amides is 3. The smallest absolute Gasteiger partial charge is 0.324 e. The molecule has 5 heterocycles. The van der Waals surface area contributed by atoms with Gasteiger partial charge in [-0.15, -0.1) is 5.53 Å². The third-order valence-electron chi connectivity index (χ3n) is 9.30. The number of hydrogen-bond donors (Lipinski definition) is 4. The first-order valence-electron chi connectivity index (χ1n) is 15.1. The number of alkyl halides is 1. The molecule has 42 heavy (non-hydrogen) atoms. The summed E-state index contributed by atoms with van der Waals surface area (Å²) in [6, 6.07) is -0.401. The molecule has 7 atom stereocenters. The van der Waals surface area contributed by atoms with Gasteiger partial charge < -0.3 is 15.6 Å². The second kappa shape index (κ2) is 12.2. The molecule has 0 aliphatic carbocycles. The summed E-state index contributed by atoms with van der Waals surface area (Å²) in [5.41, 5.74) is 9.80. The molecule has 5 aliphatic heterocycles. The number of piperazine rings is 1. The Morgan fingerprint density at radius 1 is 1.17 bits per heavy atom. The van der Waals surface area contributed by atoms with Crippen LogP contribution in [0.25, 0.3) is 0 Å². The van der Waals surface area contributed by atoms with E-state index in [1.807, 2.05) is 24.9 Å². The number of halogens is 1. The molecule has 5 aliphatic rings. The Morgan fingerprint density at radius 2 is 1.93 bits per heavy atom. The third kappa shape index (κ3) is 5.35. The quantitative estimate of drug-likeness (QED) is 0.298. The van der Waals surface area contributed by atoms with Crippen molar-refractivity contribution in [2.24, 2.45) is 16.8 Å². The van der Waals surface area contributed by atoms with Gasteiger partial charge >= 0.3 is 6.03 Å². The summed E-state index contributed by atoms with van der Waals surface area (Å²) in [5, 5.41) is 8.58. The second-order valence-electron chi connectivity index (χ2n) is 12.3. The first kappa shape index (κ1) is 30.2. The molecule has 4 N–H and O–H groups in total. The van der Waals surface area contributed by atoms with E-state index in [0.717, 1.165) is 41.9 Å². The van der Waals surface area contributed by atoms with Gasteiger partial charge in [-0.3, -0.25) is 29.9 Å². The molecule has 0 aromatic heterocycles. The fourth-order valence-electron chi connectivity index (χ4n) is 7.20. The third-order valence-corrected chi connectivity index (χ3v) is 9.30. The van der Waals surface area contributed by atoms with Crippen molar-refractivity contribution in [3.8, 4) is 0 Å². The lowest BCUT2D eigenvalue weighted by atomic mass is 9.84. The van der Waals surface area contributed by atoms with Gasteiger partial charge in [-0.2, -0.15) is 0 Å². The normalized spacial score (nSPS) is 36.0. The molecule has 3 amide bonds. The molecule has 0 aromatic carbocycles. The molecule has 11 nitrogen and oxygen atoms in total. The first-order valence-corrected chi connectivity index (χ1v) is 15.1. The Hall–Kier alpha value is -3.22. The minimum atomic E-state index is -1.22. The summed E-state index contributed by atoms with van der Waals surface area (Å²) < 4.78 is 16.2. The van der Waals surface area contributed by atoms with Crippen LogP contribution in [0.3, 0.4) is 0 Å². The monoisotopic (exact) mass is 583 g/mol. The lowest BCUT2D eigenvalue weighted by Crippen LogP contribution is -2.77. The number of nitrogens with zero attached hydrogens (tertiary/aromatic N) is 5. The number of urea groups is 1. The zero-order chi connectivity index (χ0) is 30.3. The lowest BCUT2D eigenvalue weighted by molar-refractivity contribution is -0.135. The molecule has 230 valence electrons. The number of allylic oxidation sites excluding steroid dienone is 4. The molecule has 4 bridgehead atoms. The SMILES string of the molecule is C=CC(=O)N1C[C@H](C)N(C2NC(=O)N3C(=C(N=C)C(C)C)/C(=C\C)CCCC4=CN(NN4)C4NC3C2CC4F)C[C@H]1C. The van der Waals surface area contributed by atoms with Crippen LogP contribution in [0.15, 0.2) is 52.6 Å². The first-order chi connectivity index (χ1) is 20.1. The van der Waals surface area contributed by atoms with Crippen LogP contribution in [0, 0.1) is 11.8 Å². The van der Waals surface area contributed by atoms with Gasteiger partial charge in [-0.1, -0.05) is 26.5 Å². The largest absolute Gasteiger partial charge is 0.334 e. The topological polar surface area (TPSA) is 108 Å². The molecule has 0 spiro atoms. The van der Waals surface area contributed by atoms with E-state index < -0.39 is 24.7 Å². The van der Waals surface area contributed by atoms with E-state index in [4.69, 9.17) is 0 Å². The van der Waals surface area contributed by atoms with E-state index in [2.05, 4.69) is 71.6 Å². The molecule has 5 rings (SSSR count). The van der Waals surface area contributed by atoms with Crippen LogP contribution in [0.5, 0.6) is 0 Å². The number of rotatable bonds is 4. The predicted molar refractivity (Wildman–Crippen MR) is 161 cm³/mol. The van der Waals surface area contributed by atoms with Crippen LogP contribution in [0.1, 0.15) is 60.3 Å². The molecule has 3 fully saturated rings. The molecule has 3 saturated heterocycles. The second-order valence-corrected chi connectivity index (χ2v) is 12.3.